The number of nitrogens with one attached hydrogen (secondary N) is 1. The Labute approximate surface area is 96.6 Å². The fourth-order valence-electron chi connectivity index (χ4n) is 1.38. The van der Waals surface area contributed by atoms with E-state index in [9.17, 15) is 13.2 Å². The van der Waals surface area contributed by atoms with Gasteiger partial charge in [0.25, 0.3) is 0 Å². The van der Waals surface area contributed by atoms with Crippen LogP contribution in [-0.2, 0) is 18.8 Å². The molecule has 1 N–H and O–H groups in total. The summed E-state index contributed by atoms with van der Waals surface area (Å²) in [6.07, 6.45) is -4.51. The number of hydrogen-bond acceptors (Lipinski definition) is 2. The zero-order chi connectivity index (χ0) is 12.7. The van der Waals surface area contributed by atoms with Gasteiger partial charge in [-0.25, -0.2) is 0 Å². The lowest BCUT2D eigenvalue weighted by molar-refractivity contribution is -0.142. The van der Waals surface area contributed by atoms with E-state index in [0.29, 0.717) is 0 Å². The molecule has 0 aliphatic heterocycles. The second-order valence-electron chi connectivity index (χ2n) is 4.01. The summed E-state index contributed by atoms with van der Waals surface area (Å²) in [5.41, 5.74) is -1.87. The average Bonchev–Trinajstić information content (AvgIpc) is 2.43. The lowest BCUT2D eigenvalue weighted by atomic mass is 9.95. The Bertz CT molecular complexity index is 395. The lowest BCUT2D eigenvalue weighted by Crippen LogP contribution is -2.35. The number of alkyl halides is 3. The van der Waals surface area contributed by atoms with Crippen molar-refractivity contribution in [3.05, 3.63) is 16.4 Å². The summed E-state index contributed by atoms with van der Waals surface area (Å²) in [5.74, 6) is 0. The highest BCUT2D eigenvalue weighted by Gasteiger charge is 2.42. The largest absolute Gasteiger partial charge is 0.435 e. The Hall–Kier alpha value is -0.750. The average molecular weight is 256 g/mol. The molecule has 0 radical (unpaired) electrons. The monoisotopic (exact) mass is 255 g/mol. The van der Waals surface area contributed by atoms with E-state index in [-0.39, 0.29) is 10.7 Å². The summed E-state index contributed by atoms with van der Waals surface area (Å²) >= 11 is 5.84. The van der Waals surface area contributed by atoms with Crippen LogP contribution in [0, 0.1) is 0 Å². The highest BCUT2D eigenvalue weighted by molar-refractivity contribution is 6.30. The van der Waals surface area contributed by atoms with Gasteiger partial charge in [-0.1, -0.05) is 11.6 Å². The van der Waals surface area contributed by atoms with Gasteiger partial charge in [0.1, 0.15) is 5.15 Å². The summed E-state index contributed by atoms with van der Waals surface area (Å²) in [7, 11) is 2.95. The predicted molar refractivity (Wildman–Crippen MR) is 55.3 cm³/mol. The molecule has 16 heavy (non-hydrogen) atoms. The minimum absolute atomic E-state index is 0.00771. The van der Waals surface area contributed by atoms with Gasteiger partial charge < -0.3 is 5.32 Å². The van der Waals surface area contributed by atoms with Crippen LogP contribution in [0.1, 0.15) is 25.1 Å². The molecule has 0 aliphatic rings. The summed E-state index contributed by atoms with van der Waals surface area (Å²) in [5, 5.41) is 6.19. The molecular formula is C9H13ClF3N3. The second kappa shape index (κ2) is 3.92. The SMILES string of the molecule is CNC(C)(C)c1c(C(F)(F)F)nn(C)c1Cl. The van der Waals surface area contributed by atoms with Crippen LogP contribution in [0.3, 0.4) is 0 Å². The van der Waals surface area contributed by atoms with Crippen molar-refractivity contribution in [3.8, 4) is 0 Å². The maximum Gasteiger partial charge on any atom is 0.435 e. The van der Waals surface area contributed by atoms with Gasteiger partial charge in [-0.05, 0) is 20.9 Å². The van der Waals surface area contributed by atoms with Gasteiger partial charge in [-0.2, -0.15) is 18.3 Å². The van der Waals surface area contributed by atoms with E-state index in [4.69, 9.17) is 11.6 Å². The van der Waals surface area contributed by atoms with E-state index in [2.05, 4.69) is 10.4 Å². The Morgan fingerprint density at radius 1 is 1.31 bits per heavy atom. The first-order valence-corrected chi connectivity index (χ1v) is 4.98. The van der Waals surface area contributed by atoms with Crippen LogP contribution in [-0.4, -0.2) is 16.8 Å². The van der Waals surface area contributed by atoms with Gasteiger partial charge in [-0.3, -0.25) is 4.68 Å². The van der Waals surface area contributed by atoms with E-state index in [1.54, 1.807) is 20.9 Å². The standard InChI is InChI=1S/C9H13ClF3N3/c1-8(2,14-3)5-6(9(11,12)13)15-16(4)7(5)10/h14H,1-4H3. The third-order valence-corrected chi connectivity index (χ3v) is 2.93. The van der Waals surface area contributed by atoms with Crippen molar-refractivity contribution in [2.75, 3.05) is 7.05 Å². The summed E-state index contributed by atoms with van der Waals surface area (Å²) < 4.78 is 39.3. The first-order chi connectivity index (χ1) is 7.11. The number of halogens is 4. The Morgan fingerprint density at radius 2 is 1.81 bits per heavy atom. The zero-order valence-electron chi connectivity index (χ0n) is 9.41. The zero-order valence-corrected chi connectivity index (χ0v) is 10.2. The van der Waals surface area contributed by atoms with Gasteiger partial charge >= 0.3 is 6.18 Å². The molecule has 0 atom stereocenters. The molecule has 3 nitrogen and oxygen atoms in total. The Morgan fingerprint density at radius 3 is 2.19 bits per heavy atom. The van der Waals surface area contributed by atoms with Crippen LogP contribution in [0.25, 0.3) is 0 Å². The number of rotatable bonds is 2. The first-order valence-electron chi connectivity index (χ1n) is 4.60. The van der Waals surface area contributed by atoms with E-state index >= 15 is 0 Å². The van der Waals surface area contributed by atoms with Crippen molar-refractivity contribution in [2.24, 2.45) is 7.05 Å². The molecular weight excluding hydrogens is 243 g/mol. The minimum atomic E-state index is -4.51. The fourth-order valence-corrected chi connectivity index (χ4v) is 1.74. The minimum Gasteiger partial charge on any atom is -0.311 e. The van der Waals surface area contributed by atoms with Gasteiger partial charge in [0.15, 0.2) is 5.69 Å². The van der Waals surface area contributed by atoms with Crippen molar-refractivity contribution in [1.82, 2.24) is 15.1 Å². The maximum absolute atomic E-state index is 12.7. The highest BCUT2D eigenvalue weighted by Crippen LogP contribution is 2.39. The smallest absolute Gasteiger partial charge is 0.311 e. The third-order valence-electron chi connectivity index (χ3n) is 2.50. The predicted octanol–water partition coefficient (Wildman–Crippen LogP) is 2.55. The van der Waals surface area contributed by atoms with Gasteiger partial charge in [-0.15, -0.1) is 0 Å². The molecule has 0 aliphatic carbocycles. The van der Waals surface area contributed by atoms with E-state index in [0.717, 1.165) is 4.68 Å². The van der Waals surface area contributed by atoms with Crippen LogP contribution in [0.15, 0.2) is 0 Å². The van der Waals surface area contributed by atoms with Gasteiger partial charge in [0, 0.05) is 18.2 Å². The van der Waals surface area contributed by atoms with Crippen LogP contribution in [0.4, 0.5) is 13.2 Å². The molecule has 1 aromatic rings. The lowest BCUT2D eigenvalue weighted by Gasteiger charge is -2.25. The highest BCUT2D eigenvalue weighted by atomic mass is 35.5. The second-order valence-corrected chi connectivity index (χ2v) is 4.37. The topological polar surface area (TPSA) is 29.9 Å². The summed E-state index contributed by atoms with van der Waals surface area (Å²) in [6.45, 7) is 3.23. The molecule has 7 heteroatoms. The number of aromatic nitrogens is 2. The normalized spacial score (nSPS) is 13.2. The molecule has 0 saturated carbocycles. The molecule has 0 fully saturated rings. The summed E-state index contributed by atoms with van der Waals surface area (Å²) in [6, 6.07) is 0. The fraction of sp³-hybridized carbons (Fsp3) is 0.667. The molecule has 0 aromatic carbocycles. The van der Waals surface area contributed by atoms with E-state index in [1.807, 2.05) is 0 Å². The molecule has 1 aromatic heterocycles. The third kappa shape index (κ3) is 2.17. The van der Waals surface area contributed by atoms with E-state index < -0.39 is 17.4 Å². The van der Waals surface area contributed by atoms with Crippen molar-refractivity contribution >= 4 is 11.6 Å². The number of nitrogens with zero attached hydrogens (tertiary/aromatic N) is 2. The maximum atomic E-state index is 12.7. The molecule has 0 bridgehead atoms. The van der Waals surface area contributed by atoms with Gasteiger partial charge in [0.2, 0.25) is 0 Å². The van der Waals surface area contributed by atoms with Crippen molar-refractivity contribution < 1.29 is 13.2 Å². The van der Waals surface area contributed by atoms with Crippen molar-refractivity contribution in [1.29, 1.82) is 0 Å². The molecule has 0 amide bonds. The molecule has 92 valence electrons. The Kier molecular flexibility index (Phi) is 3.27. The van der Waals surface area contributed by atoms with E-state index in [1.165, 1.54) is 7.05 Å². The van der Waals surface area contributed by atoms with Crippen molar-refractivity contribution in [3.63, 3.8) is 0 Å². The quantitative estimate of drug-likeness (QED) is 0.880. The van der Waals surface area contributed by atoms with Crippen LogP contribution in [0.2, 0.25) is 5.15 Å². The molecule has 1 heterocycles. The van der Waals surface area contributed by atoms with Gasteiger partial charge in [0.05, 0.1) is 0 Å². The van der Waals surface area contributed by atoms with Crippen LogP contribution < -0.4 is 5.32 Å². The summed E-state index contributed by atoms with van der Waals surface area (Å²) in [4.78, 5) is 0. The van der Waals surface area contributed by atoms with Crippen LogP contribution in [0.5, 0.6) is 0 Å². The number of aryl methyl sites for hydroxylation is 1. The number of hydrogen-bond donors (Lipinski definition) is 1. The molecule has 1 rings (SSSR count). The first kappa shape index (κ1) is 13.3. The molecule has 0 spiro atoms. The molecule has 0 saturated heterocycles. The Balaban J connectivity index is 3.48. The van der Waals surface area contributed by atoms with Crippen LogP contribution >= 0.6 is 11.6 Å². The molecule has 0 unspecified atom stereocenters. The van der Waals surface area contributed by atoms with Crippen molar-refractivity contribution in [2.45, 2.75) is 25.6 Å².